The second kappa shape index (κ2) is 7.06. The van der Waals surface area contributed by atoms with Crippen LogP contribution >= 0.6 is 0 Å². The number of anilines is 1. The van der Waals surface area contributed by atoms with Crippen molar-refractivity contribution in [1.82, 2.24) is 10.3 Å². The van der Waals surface area contributed by atoms with E-state index >= 15 is 0 Å². The number of carbonyl (C=O) groups excluding carboxylic acids is 1. The zero-order valence-corrected chi connectivity index (χ0v) is 12.1. The van der Waals surface area contributed by atoms with Gasteiger partial charge in [0.05, 0.1) is 17.4 Å². The quantitative estimate of drug-likeness (QED) is 0.795. The molecule has 1 aromatic heterocycles. The molecule has 0 aliphatic heterocycles. The molecule has 0 spiro atoms. The second-order valence-corrected chi connectivity index (χ2v) is 5.74. The molecule has 2 amide bonds. The van der Waals surface area contributed by atoms with Gasteiger partial charge in [0.25, 0.3) is 0 Å². The van der Waals surface area contributed by atoms with Gasteiger partial charge in [-0.2, -0.15) is 0 Å². The van der Waals surface area contributed by atoms with Gasteiger partial charge < -0.3 is 15.7 Å². The summed E-state index contributed by atoms with van der Waals surface area (Å²) in [6.45, 7) is 2.90. The Hall–Kier alpha value is -2.11. The predicted molar refractivity (Wildman–Crippen MR) is 79.3 cm³/mol. The molecule has 0 bridgehead atoms. The minimum absolute atomic E-state index is 0.0499. The Morgan fingerprint density at radius 2 is 2.19 bits per heavy atom. The number of aromatic nitrogens is 1. The number of pyridine rings is 1. The van der Waals surface area contributed by atoms with Gasteiger partial charge in [0.2, 0.25) is 0 Å². The molecule has 1 heterocycles. The molecule has 1 saturated carbocycles. The van der Waals surface area contributed by atoms with E-state index in [4.69, 9.17) is 5.11 Å². The van der Waals surface area contributed by atoms with E-state index in [1.165, 1.54) is 31.3 Å². The van der Waals surface area contributed by atoms with Gasteiger partial charge >= 0.3 is 12.0 Å². The van der Waals surface area contributed by atoms with E-state index in [-0.39, 0.29) is 11.6 Å². The first kappa shape index (κ1) is 15.3. The van der Waals surface area contributed by atoms with Gasteiger partial charge in [0.15, 0.2) is 0 Å². The number of urea groups is 1. The normalized spacial score (nSPS) is 21.6. The Morgan fingerprint density at radius 1 is 1.38 bits per heavy atom. The van der Waals surface area contributed by atoms with E-state index in [1.807, 2.05) is 0 Å². The number of rotatable bonds is 4. The van der Waals surface area contributed by atoms with Crippen LogP contribution in [-0.2, 0) is 0 Å². The van der Waals surface area contributed by atoms with Gasteiger partial charge in [-0.15, -0.1) is 0 Å². The first-order valence-electron chi connectivity index (χ1n) is 7.28. The minimum atomic E-state index is -1.07. The SMILES string of the molecule is CC1CCCC(CNC(=O)Nc2cncc(C(=O)O)c2)C1. The number of nitrogens with zero attached hydrogens (tertiary/aromatic N) is 1. The lowest BCUT2D eigenvalue weighted by atomic mass is 9.82. The number of nitrogens with one attached hydrogen (secondary N) is 2. The summed E-state index contributed by atoms with van der Waals surface area (Å²) in [5.41, 5.74) is 0.429. The third kappa shape index (κ3) is 4.73. The van der Waals surface area contributed by atoms with Crippen LogP contribution in [0.5, 0.6) is 0 Å². The van der Waals surface area contributed by atoms with Crippen molar-refractivity contribution in [3.8, 4) is 0 Å². The van der Waals surface area contributed by atoms with Gasteiger partial charge in [-0.25, -0.2) is 9.59 Å². The van der Waals surface area contributed by atoms with Crippen molar-refractivity contribution >= 4 is 17.7 Å². The lowest BCUT2D eigenvalue weighted by molar-refractivity contribution is 0.0696. The first-order valence-corrected chi connectivity index (χ1v) is 7.28. The molecule has 1 aromatic rings. The van der Waals surface area contributed by atoms with Crippen LogP contribution in [0.2, 0.25) is 0 Å². The molecule has 6 nitrogen and oxygen atoms in total. The number of hydrogen-bond donors (Lipinski definition) is 3. The molecule has 21 heavy (non-hydrogen) atoms. The fourth-order valence-electron chi connectivity index (χ4n) is 2.78. The van der Waals surface area contributed by atoms with E-state index < -0.39 is 5.97 Å². The summed E-state index contributed by atoms with van der Waals surface area (Å²) < 4.78 is 0. The highest BCUT2D eigenvalue weighted by Crippen LogP contribution is 2.27. The highest BCUT2D eigenvalue weighted by atomic mass is 16.4. The summed E-state index contributed by atoms with van der Waals surface area (Å²) >= 11 is 0. The summed E-state index contributed by atoms with van der Waals surface area (Å²) in [5, 5.41) is 14.3. The molecule has 3 N–H and O–H groups in total. The van der Waals surface area contributed by atoms with E-state index in [0.717, 1.165) is 18.8 Å². The maximum atomic E-state index is 11.8. The minimum Gasteiger partial charge on any atom is -0.478 e. The van der Waals surface area contributed by atoms with E-state index in [1.54, 1.807) is 0 Å². The van der Waals surface area contributed by atoms with Crippen molar-refractivity contribution in [2.24, 2.45) is 11.8 Å². The highest BCUT2D eigenvalue weighted by molar-refractivity contribution is 5.92. The molecule has 114 valence electrons. The third-order valence-corrected chi connectivity index (χ3v) is 3.84. The van der Waals surface area contributed by atoms with Crippen LogP contribution in [0.3, 0.4) is 0 Å². The average Bonchev–Trinajstić information content (AvgIpc) is 2.45. The molecule has 0 aromatic carbocycles. The van der Waals surface area contributed by atoms with Crippen molar-refractivity contribution in [2.75, 3.05) is 11.9 Å². The summed E-state index contributed by atoms with van der Waals surface area (Å²) in [6, 6.07) is 1.06. The number of amides is 2. The summed E-state index contributed by atoms with van der Waals surface area (Å²) in [6.07, 6.45) is 7.47. The maximum Gasteiger partial charge on any atom is 0.337 e. The number of carboxylic acid groups (broad SMARTS) is 1. The standard InChI is InChI=1S/C15H21N3O3/c1-10-3-2-4-11(5-10)7-17-15(21)18-13-6-12(14(19)20)8-16-9-13/h6,8-11H,2-5,7H2,1H3,(H,19,20)(H2,17,18,21). The summed E-state index contributed by atoms with van der Waals surface area (Å²) in [4.78, 5) is 26.4. The number of hydrogen-bond acceptors (Lipinski definition) is 3. The van der Waals surface area contributed by atoms with Crippen molar-refractivity contribution in [2.45, 2.75) is 32.6 Å². The number of carbonyl (C=O) groups is 2. The van der Waals surface area contributed by atoms with Crippen LogP contribution in [0, 0.1) is 11.8 Å². The molecule has 0 saturated heterocycles. The third-order valence-electron chi connectivity index (χ3n) is 3.84. The van der Waals surface area contributed by atoms with Crippen LogP contribution in [0.1, 0.15) is 43.0 Å². The molecule has 2 rings (SSSR count). The van der Waals surface area contributed by atoms with Crippen LogP contribution in [0.25, 0.3) is 0 Å². The molecular formula is C15H21N3O3. The fourth-order valence-corrected chi connectivity index (χ4v) is 2.78. The Kier molecular flexibility index (Phi) is 5.14. The molecule has 1 aliphatic carbocycles. The van der Waals surface area contributed by atoms with Crippen molar-refractivity contribution < 1.29 is 14.7 Å². The molecule has 2 atom stereocenters. The highest BCUT2D eigenvalue weighted by Gasteiger charge is 2.19. The van der Waals surface area contributed by atoms with Gasteiger partial charge in [0, 0.05) is 12.7 Å². The predicted octanol–water partition coefficient (Wildman–Crippen LogP) is 2.73. The zero-order chi connectivity index (χ0) is 15.2. The van der Waals surface area contributed by atoms with Crippen molar-refractivity contribution in [3.63, 3.8) is 0 Å². The van der Waals surface area contributed by atoms with Gasteiger partial charge in [-0.3, -0.25) is 4.98 Å². The topological polar surface area (TPSA) is 91.3 Å². The van der Waals surface area contributed by atoms with E-state index in [2.05, 4.69) is 22.5 Å². The van der Waals surface area contributed by atoms with Crippen molar-refractivity contribution in [1.29, 1.82) is 0 Å². The largest absolute Gasteiger partial charge is 0.478 e. The Labute approximate surface area is 124 Å². The fraction of sp³-hybridized carbons (Fsp3) is 0.533. The smallest absolute Gasteiger partial charge is 0.337 e. The molecular weight excluding hydrogens is 270 g/mol. The molecule has 1 aliphatic rings. The first-order chi connectivity index (χ1) is 10.0. The number of carboxylic acids is 1. The van der Waals surface area contributed by atoms with Gasteiger partial charge in [0.1, 0.15) is 0 Å². The molecule has 6 heteroatoms. The van der Waals surface area contributed by atoms with Gasteiger partial charge in [-0.1, -0.05) is 19.8 Å². The lowest BCUT2D eigenvalue weighted by Gasteiger charge is -2.26. The maximum absolute atomic E-state index is 11.8. The molecule has 2 unspecified atom stereocenters. The lowest BCUT2D eigenvalue weighted by Crippen LogP contribution is -2.34. The molecule has 0 radical (unpaired) electrons. The second-order valence-electron chi connectivity index (χ2n) is 5.74. The average molecular weight is 291 g/mol. The van der Waals surface area contributed by atoms with Crippen LogP contribution in [0.15, 0.2) is 18.5 Å². The van der Waals surface area contributed by atoms with Crippen molar-refractivity contribution in [3.05, 3.63) is 24.0 Å². The zero-order valence-electron chi connectivity index (χ0n) is 12.1. The monoisotopic (exact) mass is 291 g/mol. The Bertz CT molecular complexity index is 519. The Morgan fingerprint density at radius 3 is 2.90 bits per heavy atom. The van der Waals surface area contributed by atoms with Crippen LogP contribution in [-0.4, -0.2) is 28.6 Å². The van der Waals surface area contributed by atoms with E-state index in [9.17, 15) is 9.59 Å². The summed E-state index contributed by atoms with van der Waals surface area (Å²) in [5.74, 6) is 0.191. The van der Waals surface area contributed by atoms with Crippen LogP contribution in [0.4, 0.5) is 10.5 Å². The number of aromatic carboxylic acids is 1. The summed E-state index contributed by atoms with van der Waals surface area (Å²) in [7, 11) is 0. The van der Waals surface area contributed by atoms with Gasteiger partial charge in [-0.05, 0) is 30.7 Å². The Balaban J connectivity index is 1.81. The van der Waals surface area contributed by atoms with E-state index in [0.29, 0.717) is 18.2 Å². The van der Waals surface area contributed by atoms with Crippen LogP contribution < -0.4 is 10.6 Å². The molecule has 1 fully saturated rings.